The summed E-state index contributed by atoms with van der Waals surface area (Å²) in [7, 11) is 1.76. The van der Waals surface area contributed by atoms with Crippen molar-refractivity contribution in [2.75, 3.05) is 18.8 Å². The molecule has 2 aromatic rings. The summed E-state index contributed by atoms with van der Waals surface area (Å²) in [4.78, 5) is 34.4. The number of fused-ring (bicyclic) bond motifs is 3. The van der Waals surface area contributed by atoms with Gasteiger partial charge in [-0.3, -0.25) is 14.2 Å². The van der Waals surface area contributed by atoms with E-state index >= 15 is 0 Å². The quantitative estimate of drug-likeness (QED) is 0.519. The van der Waals surface area contributed by atoms with Gasteiger partial charge < -0.3 is 4.90 Å². The zero-order valence-corrected chi connectivity index (χ0v) is 18.5. The van der Waals surface area contributed by atoms with E-state index in [2.05, 4.69) is 27.7 Å². The fraction of sp³-hybridized carbons (Fsp3) is 0.650. The molecule has 0 unspecified atom stereocenters. The van der Waals surface area contributed by atoms with Crippen LogP contribution in [0.2, 0.25) is 0 Å². The Morgan fingerprint density at radius 2 is 1.89 bits per heavy atom. The Balaban J connectivity index is 1.79. The van der Waals surface area contributed by atoms with Crippen LogP contribution < -0.4 is 5.56 Å². The van der Waals surface area contributed by atoms with Crippen molar-refractivity contribution in [2.45, 2.75) is 52.1 Å². The van der Waals surface area contributed by atoms with Gasteiger partial charge >= 0.3 is 0 Å². The Labute approximate surface area is 169 Å². The van der Waals surface area contributed by atoms with Gasteiger partial charge in [-0.25, -0.2) is 4.98 Å². The molecule has 0 saturated carbocycles. The van der Waals surface area contributed by atoms with Gasteiger partial charge in [-0.2, -0.15) is 0 Å². The van der Waals surface area contributed by atoms with Crippen molar-refractivity contribution in [3.63, 3.8) is 0 Å². The molecule has 0 fully saturated rings. The van der Waals surface area contributed by atoms with Gasteiger partial charge in [-0.05, 0) is 36.7 Å². The molecule has 0 N–H and O–H groups in total. The highest BCUT2D eigenvalue weighted by Crippen LogP contribution is 2.35. The van der Waals surface area contributed by atoms with Gasteiger partial charge in [-0.15, -0.1) is 11.3 Å². The van der Waals surface area contributed by atoms with Crippen LogP contribution in [0, 0.1) is 11.8 Å². The van der Waals surface area contributed by atoms with E-state index in [9.17, 15) is 9.59 Å². The largest absolute Gasteiger partial charge is 0.341 e. The fourth-order valence-electron chi connectivity index (χ4n) is 3.61. The second-order valence-corrected chi connectivity index (χ2v) is 10.2. The number of carbonyl (C=O) groups is 1. The van der Waals surface area contributed by atoms with Crippen LogP contribution in [0.25, 0.3) is 10.2 Å². The Kier molecular flexibility index (Phi) is 6.31. The molecular formula is C20H29N3O2S2. The first-order valence-corrected chi connectivity index (χ1v) is 11.5. The monoisotopic (exact) mass is 407 g/mol. The predicted octanol–water partition coefficient (Wildman–Crippen LogP) is 3.72. The number of carbonyl (C=O) groups excluding carboxylic acids is 1. The van der Waals surface area contributed by atoms with Crippen LogP contribution in [0.5, 0.6) is 0 Å². The molecule has 148 valence electrons. The lowest BCUT2D eigenvalue weighted by molar-refractivity contribution is -0.129. The first-order valence-electron chi connectivity index (χ1n) is 9.69. The van der Waals surface area contributed by atoms with E-state index in [-0.39, 0.29) is 11.5 Å². The normalized spacial score (nSPS) is 13.7. The molecule has 0 saturated heterocycles. The Morgan fingerprint density at radius 1 is 1.22 bits per heavy atom. The average molecular weight is 408 g/mol. The number of hydrogen-bond acceptors (Lipinski definition) is 5. The number of rotatable bonds is 7. The Hall–Kier alpha value is -1.34. The second-order valence-electron chi connectivity index (χ2n) is 8.17. The van der Waals surface area contributed by atoms with Crippen molar-refractivity contribution in [3.05, 3.63) is 20.8 Å². The number of nitrogens with zero attached hydrogens (tertiary/aromatic N) is 3. The maximum absolute atomic E-state index is 12.9. The van der Waals surface area contributed by atoms with Crippen LogP contribution in [0.3, 0.4) is 0 Å². The lowest BCUT2D eigenvalue weighted by Crippen LogP contribution is -2.38. The standard InChI is InChI=1S/C20H29N3O2S2/c1-12(2)9-23(10-13(3)4)16(24)11-26-20-21-18-17(19(25)22(20)5)14-7-6-8-15(14)27-18/h12-13H,6-11H2,1-5H3. The van der Waals surface area contributed by atoms with Gasteiger partial charge in [0.25, 0.3) is 5.56 Å². The van der Waals surface area contributed by atoms with Gasteiger partial charge in [0.05, 0.1) is 11.1 Å². The molecule has 1 aliphatic rings. The highest BCUT2D eigenvalue weighted by Gasteiger charge is 2.23. The maximum Gasteiger partial charge on any atom is 0.262 e. The molecule has 0 bridgehead atoms. The zero-order valence-electron chi connectivity index (χ0n) is 16.9. The van der Waals surface area contributed by atoms with Crippen molar-refractivity contribution >= 4 is 39.2 Å². The molecule has 7 heteroatoms. The van der Waals surface area contributed by atoms with E-state index in [0.717, 1.165) is 42.6 Å². The molecule has 5 nitrogen and oxygen atoms in total. The van der Waals surface area contributed by atoms with E-state index in [4.69, 9.17) is 4.98 Å². The minimum atomic E-state index is 0.0237. The highest BCUT2D eigenvalue weighted by atomic mass is 32.2. The first kappa shape index (κ1) is 20.4. The predicted molar refractivity (Wildman–Crippen MR) is 114 cm³/mol. The molecule has 1 aliphatic carbocycles. The van der Waals surface area contributed by atoms with Crippen molar-refractivity contribution in [3.8, 4) is 0 Å². The van der Waals surface area contributed by atoms with Crippen LogP contribution in [-0.4, -0.2) is 39.2 Å². The van der Waals surface area contributed by atoms with Crippen molar-refractivity contribution < 1.29 is 4.79 Å². The van der Waals surface area contributed by atoms with Gasteiger partial charge in [0.2, 0.25) is 5.91 Å². The third-order valence-corrected chi connectivity index (χ3v) is 6.95. The van der Waals surface area contributed by atoms with Crippen LogP contribution >= 0.6 is 23.1 Å². The molecule has 2 aromatic heterocycles. The molecule has 1 amide bonds. The molecule has 0 atom stereocenters. The summed E-state index contributed by atoms with van der Waals surface area (Å²) in [5.74, 6) is 1.30. The summed E-state index contributed by atoms with van der Waals surface area (Å²) in [6.07, 6.45) is 3.17. The number of thiophene rings is 1. The summed E-state index contributed by atoms with van der Waals surface area (Å²) < 4.78 is 1.61. The molecule has 3 rings (SSSR count). The van der Waals surface area contributed by atoms with Gasteiger partial charge in [-0.1, -0.05) is 39.5 Å². The summed E-state index contributed by atoms with van der Waals surface area (Å²) >= 11 is 3.02. The Morgan fingerprint density at radius 3 is 2.52 bits per heavy atom. The number of aryl methyl sites for hydroxylation is 2. The maximum atomic E-state index is 12.9. The minimum Gasteiger partial charge on any atom is -0.341 e. The van der Waals surface area contributed by atoms with Crippen molar-refractivity contribution in [1.29, 1.82) is 0 Å². The Bertz CT molecular complexity index is 889. The molecule has 0 spiro atoms. The van der Waals surface area contributed by atoms with Gasteiger partial charge in [0.1, 0.15) is 4.83 Å². The smallest absolute Gasteiger partial charge is 0.262 e. The number of thioether (sulfide) groups is 1. The average Bonchev–Trinajstić information content (AvgIpc) is 3.15. The molecule has 27 heavy (non-hydrogen) atoms. The van der Waals surface area contributed by atoms with Crippen LogP contribution in [0.4, 0.5) is 0 Å². The van der Waals surface area contributed by atoms with Crippen molar-refractivity contribution in [2.24, 2.45) is 18.9 Å². The lowest BCUT2D eigenvalue weighted by atomic mass is 10.1. The topological polar surface area (TPSA) is 55.2 Å². The molecule has 2 heterocycles. The van der Waals surface area contributed by atoms with Gasteiger partial charge in [0.15, 0.2) is 5.16 Å². The van der Waals surface area contributed by atoms with Gasteiger partial charge in [0, 0.05) is 25.0 Å². The number of aromatic nitrogens is 2. The second kappa shape index (κ2) is 8.35. The van der Waals surface area contributed by atoms with E-state index < -0.39 is 0 Å². The molecule has 0 aliphatic heterocycles. The molecule has 0 aromatic carbocycles. The van der Waals surface area contributed by atoms with E-state index in [0.29, 0.717) is 22.7 Å². The SMILES string of the molecule is CC(C)CN(CC(C)C)C(=O)CSc1nc2sc3c(c2c(=O)n1C)CCC3. The molecule has 0 radical (unpaired) electrons. The third kappa shape index (κ3) is 4.40. The first-order chi connectivity index (χ1) is 12.8. The lowest BCUT2D eigenvalue weighted by Gasteiger charge is -2.26. The molecular weight excluding hydrogens is 378 g/mol. The summed E-state index contributed by atoms with van der Waals surface area (Å²) in [5.41, 5.74) is 1.23. The summed E-state index contributed by atoms with van der Waals surface area (Å²) in [6.45, 7) is 10.0. The number of hydrogen-bond donors (Lipinski definition) is 0. The highest BCUT2D eigenvalue weighted by molar-refractivity contribution is 7.99. The minimum absolute atomic E-state index is 0.0237. The van der Waals surface area contributed by atoms with Crippen molar-refractivity contribution in [1.82, 2.24) is 14.5 Å². The van der Waals surface area contributed by atoms with E-state index in [1.54, 1.807) is 23.0 Å². The fourth-order valence-corrected chi connectivity index (χ4v) is 5.79. The zero-order chi connectivity index (χ0) is 19.7. The van der Waals surface area contributed by atoms with Crippen LogP contribution in [-0.2, 0) is 24.7 Å². The van der Waals surface area contributed by atoms with E-state index in [1.807, 2.05) is 4.90 Å². The summed E-state index contributed by atoms with van der Waals surface area (Å²) in [6, 6.07) is 0. The van der Waals surface area contributed by atoms with Crippen LogP contribution in [0.1, 0.15) is 44.6 Å². The van der Waals surface area contributed by atoms with E-state index in [1.165, 1.54) is 22.2 Å². The van der Waals surface area contributed by atoms with Crippen LogP contribution in [0.15, 0.2) is 9.95 Å². The summed E-state index contributed by atoms with van der Waals surface area (Å²) in [5, 5.41) is 1.43. The number of amides is 1. The third-order valence-electron chi connectivity index (χ3n) is 4.75.